The van der Waals surface area contributed by atoms with Crippen LogP contribution < -0.4 is 5.48 Å². The number of hydrogen-bond donors (Lipinski definition) is 1. The molecule has 1 N–H and O–H groups in total. The second-order valence-corrected chi connectivity index (χ2v) is 5.16. The van der Waals surface area contributed by atoms with Crippen LogP contribution in [0.4, 0.5) is 8.78 Å². The molecule has 1 rings (SSSR count). The van der Waals surface area contributed by atoms with E-state index in [-0.39, 0.29) is 12.1 Å². The molecule has 0 fully saturated rings. The van der Waals surface area contributed by atoms with Crippen LogP contribution in [-0.2, 0) is 21.2 Å². The van der Waals surface area contributed by atoms with Crippen LogP contribution >= 0.6 is 0 Å². The number of halogens is 2. The van der Waals surface area contributed by atoms with Crippen molar-refractivity contribution in [3.8, 4) is 0 Å². The zero-order valence-electron chi connectivity index (χ0n) is 8.75. The van der Waals surface area contributed by atoms with E-state index in [4.69, 9.17) is 0 Å². The minimum atomic E-state index is -3.79. The van der Waals surface area contributed by atoms with Crippen molar-refractivity contribution in [1.29, 1.82) is 0 Å². The summed E-state index contributed by atoms with van der Waals surface area (Å²) in [5.41, 5.74) is 2.20. The zero-order valence-corrected chi connectivity index (χ0v) is 9.57. The van der Waals surface area contributed by atoms with Gasteiger partial charge in [0.1, 0.15) is 16.5 Å². The van der Waals surface area contributed by atoms with Gasteiger partial charge >= 0.3 is 0 Å². The third-order valence-corrected chi connectivity index (χ3v) is 2.98. The highest BCUT2D eigenvalue weighted by molar-refractivity contribution is 7.90. The van der Waals surface area contributed by atoms with E-state index in [2.05, 4.69) is 10.3 Å². The van der Waals surface area contributed by atoms with Crippen LogP contribution in [-0.4, -0.2) is 21.8 Å². The standard InChI is InChI=1S/C9H11F2NO3S/c1-15-12-5-6-3-7(10)4-8(9(6)11)16(2,13)14/h3-4,12H,5H2,1-2H3. The predicted molar refractivity (Wildman–Crippen MR) is 53.3 cm³/mol. The molecule has 0 spiro atoms. The Morgan fingerprint density at radius 1 is 1.38 bits per heavy atom. The molecular formula is C9H11F2NO3S. The smallest absolute Gasteiger partial charge is 0.178 e. The van der Waals surface area contributed by atoms with E-state index < -0.39 is 26.4 Å². The summed E-state index contributed by atoms with van der Waals surface area (Å²) in [6.45, 7) is -0.122. The van der Waals surface area contributed by atoms with Gasteiger partial charge in [-0.15, -0.1) is 0 Å². The van der Waals surface area contributed by atoms with E-state index in [9.17, 15) is 17.2 Å². The highest BCUT2D eigenvalue weighted by Crippen LogP contribution is 2.20. The Labute approximate surface area is 92.1 Å². The second kappa shape index (κ2) is 4.86. The van der Waals surface area contributed by atoms with Gasteiger partial charge < -0.3 is 4.84 Å². The summed E-state index contributed by atoms with van der Waals surface area (Å²) < 4.78 is 49.0. The Morgan fingerprint density at radius 2 is 2.00 bits per heavy atom. The molecule has 0 saturated heterocycles. The molecule has 0 aliphatic rings. The highest BCUT2D eigenvalue weighted by atomic mass is 32.2. The largest absolute Gasteiger partial charge is 0.305 e. The Balaban J connectivity index is 3.27. The molecule has 1 aromatic carbocycles. The molecular weight excluding hydrogens is 240 g/mol. The summed E-state index contributed by atoms with van der Waals surface area (Å²) in [6, 6.07) is 1.57. The van der Waals surface area contributed by atoms with E-state index in [1.54, 1.807) is 0 Å². The van der Waals surface area contributed by atoms with Gasteiger partial charge in [0.05, 0.1) is 7.11 Å². The van der Waals surface area contributed by atoms with Crippen molar-refractivity contribution in [2.45, 2.75) is 11.4 Å². The lowest BCUT2D eigenvalue weighted by Crippen LogP contribution is -2.14. The lowest BCUT2D eigenvalue weighted by Gasteiger charge is -2.07. The van der Waals surface area contributed by atoms with E-state index >= 15 is 0 Å². The topological polar surface area (TPSA) is 55.4 Å². The molecule has 0 aliphatic carbocycles. The molecule has 0 atom stereocenters. The average molecular weight is 251 g/mol. The summed E-state index contributed by atoms with van der Waals surface area (Å²) in [6.07, 6.45) is 0.818. The highest BCUT2D eigenvalue weighted by Gasteiger charge is 2.18. The third-order valence-electron chi connectivity index (χ3n) is 1.89. The normalized spacial score (nSPS) is 11.8. The first-order valence-corrected chi connectivity index (χ1v) is 6.19. The van der Waals surface area contributed by atoms with Gasteiger partial charge in [-0.05, 0) is 12.1 Å². The van der Waals surface area contributed by atoms with E-state index in [1.807, 2.05) is 0 Å². The zero-order chi connectivity index (χ0) is 12.3. The molecule has 0 bridgehead atoms. The van der Waals surface area contributed by atoms with Gasteiger partial charge in [-0.3, -0.25) is 0 Å². The third kappa shape index (κ3) is 2.97. The molecule has 0 amide bonds. The molecule has 7 heteroatoms. The second-order valence-electron chi connectivity index (χ2n) is 3.17. The lowest BCUT2D eigenvalue weighted by atomic mass is 10.2. The fourth-order valence-electron chi connectivity index (χ4n) is 1.17. The van der Waals surface area contributed by atoms with Gasteiger partial charge in [0.2, 0.25) is 0 Å². The molecule has 0 radical (unpaired) electrons. The van der Waals surface area contributed by atoms with Crippen LogP contribution in [0.15, 0.2) is 17.0 Å². The number of hydroxylamine groups is 1. The van der Waals surface area contributed by atoms with Gasteiger partial charge in [0, 0.05) is 18.4 Å². The van der Waals surface area contributed by atoms with E-state index in [0.29, 0.717) is 6.07 Å². The number of benzene rings is 1. The maximum Gasteiger partial charge on any atom is 0.178 e. The quantitative estimate of drug-likeness (QED) is 0.812. The maximum absolute atomic E-state index is 13.6. The minimum Gasteiger partial charge on any atom is -0.305 e. The summed E-state index contributed by atoms with van der Waals surface area (Å²) in [7, 11) is -2.47. The Bertz CT molecular complexity index is 488. The number of rotatable bonds is 4. The molecule has 0 aliphatic heterocycles. The van der Waals surface area contributed by atoms with E-state index in [0.717, 1.165) is 12.3 Å². The SMILES string of the molecule is CONCc1cc(F)cc(S(C)(=O)=O)c1F. The monoisotopic (exact) mass is 251 g/mol. The van der Waals surface area contributed by atoms with Crippen LogP contribution in [0.3, 0.4) is 0 Å². The van der Waals surface area contributed by atoms with Crippen LogP contribution in [0.25, 0.3) is 0 Å². The van der Waals surface area contributed by atoms with Crippen LogP contribution in [0, 0.1) is 11.6 Å². The van der Waals surface area contributed by atoms with Gasteiger partial charge in [0.25, 0.3) is 0 Å². The lowest BCUT2D eigenvalue weighted by molar-refractivity contribution is 0.0857. The molecule has 90 valence electrons. The van der Waals surface area contributed by atoms with Gasteiger partial charge in [0.15, 0.2) is 9.84 Å². The first-order valence-electron chi connectivity index (χ1n) is 4.30. The number of nitrogens with one attached hydrogen (secondary N) is 1. The first kappa shape index (κ1) is 13.0. The van der Waals surface area contributed by atoms with Crippen molar-refractivity contribution in [1.82, 2.24) is 5.48 Å². The van der Waals surface area contributed by atoms with Crippen molar-refractivity contribution in [3.05, 3.63) is 29.3 Å². The predicted octanol–water partition coefficient (Wildman–Crippen LogP) is 1.02. The maximum atomic E-state index is 13.6. The average Bonchev–Trinajstić information content (AvgIpc) is 2.17. The number of sulfone groups is 1. The molecule has 0 aromatic heterocycles. The summed E-state index contributed by atoms with van der Waals surface area (Å²) >= 11 is 0. The Kier molecular flexibility index (Phi) is 3.95. The number of hydrogen-bond acceptors (Lipinski definition) is 4. The molecule has 1 aromatic rings. The van der Waals surface area contributed by atoms with E-state index in [1.165, 1.54) is 7.11 Å². The summed E-state index contributed by atoms with van der Waals surface area (Å²) in [5, 5.41) is 0. The van der Waals surface area contributed by atoms with Crippen molar-refractivity contribution in [2.75, 3.05) is 13.4 Å². The van der Waals surface area contributed by atoms with Crippen LogP contribution in [0.5, 0.6) is 0 Å². The van der Waals surface area contributed by atoms with Crippen molar-refractivity contribution in [2.24, 2.45) is 0 Å². The first-order chi connectivity index (χ1) is 7.36. The summed E-state index contributed by atoms with van der Waals surface area (Å²) in [4.78, 5) is 3.83. The molecule has 4 nitrogen and oxygen atoms in total. The fourth-order valence-corrected chi connectivity index (χ4v) is 1.95. The molecule has 0 saturated carbocycles. The molecule has 0 unspecified atom stereocenters. The van der Waals surface area contributed by atoms with Gasteiger partial charge in [-0.1, -0.05) is 0 Å². The van der Waals surface area contributed by atoms with Crippen molar-refractivity contribution < 1.29 is 22.0 Å². The molecule has 0 heterocycles. The summed E-state index contributed by atoms with van der Waals surface area (Å²) in [5.74, 6) is -1.77. The van der Waals surface area contributed by atoms with Crippen molar-refractivity contribution >= 4 is 9.84 Å². The Hall–Kier alpha value is -1.05. The van der Waals surface area contributed by atoms with Crippen LogP contribution in [0.2, 0.25) is 0 Å². The Morgan fingerprint density at radius 3 is 2.50 bits per heavy atom. The molecule has 16 heavy (non-hydrogen) atoms. The van der Waals surface area contributed by atoms with Gasteiger partial charge in [-0.25, -0.2) is 17.2 Å². The van der Waals surface area contributed by atoms with Crippen LogP contribution in [0.1, 0.15) is 5.56 Å². The van der Waals surface area contributed by atoms with Crippen molar-refractivity contribution in [3.63, 3.8) is 0 Å². The fraction of sp³-hybridized carbons (Fsp3) is 0.333. The van der Waals surface area contributed by atoms with Gasteiger partial charge in [-0.2, -0.15) is 5.48 Å². The minimum absolute atomic E-state index is 0.109.